The van der Waals surface area contributed by atoms with E-state index >= 15 is 0 Å². The van der Waals surface area contributed by atoms with Crippen LogP contribution in [0.3, 0.4) is 0 Å². The van der Waals surface area contributed by atoms with Gasteiger partial charge in [0.15, 0.2) is 11.6 Å². The molecule has 36 heavy (non-hydrogen) atoms. The van der Waals surface area contributed by atoms with E-state index in [0.717, 1.165) is 30.7 Å². The van der Waals surface area contributed by atoms with E-state index in [1.54, 1.807) is 24.3 Å². The summed E-state index contributed by atoms with van der Waals surface area (Å²) >= 11 is 0.976. The molecular formula is C26H26F3N3O3S. The minimum Gasteiger partial charge on any atom is -0.333 e. The molecule has 190 valence electrons. The fraction of sp³-hybridized carbons (Fsp3) is 0.423. The summed E-state index contributed by atoms with van der Waals surface area (Å²) in [5, 5.41) is -0.281. The minimum atomic E-state index is -1.23. The molecule has 5 rings (SSSR count). The number of carbonyl (C=O) groups is 3. The second-order valence-electron chi connectivity index (χ2n) is 9.79. The number of hydrogen-bond acceptors (Lipinski definition) is 5. The van der Waals surface area contributed by atoms with Crippen molar-refractivity contribution in [2.24, 2.45) is 11.7 Å². The first kappa shape index (κ1) is 24.8. The third-order valence-electron chi connectivity index (χ3n) is 7.51. The van der Waals surface area contributed by atoms with Gasteiger partial charge in [0, 0.05) is 29.8 Å². The quantitative estimate of drug-likeness (QED) is 0.580. The Hall–Kier alpha value is -2.85. The van der Waals surface area contributed by atoms with Crippen LogP contribution < -0.4 is 5.73 Å². The number of carbonyl (C=O) groups excluding carboxylic acids is 3. The lowest BCUT2D eigenvalue weighted by atomic mass is 9.82. The molecule has 0 aromatic heterocycles. The van der Waals surface area contributed by atoms with Gasteiger partial charge < -0.3 is 10.6 Å². The third kappa shape index (κ3) is 4.76. The largest absolute Gasteiger partial charge is 0.333 e. The van der Waals surface area contributed by atoms with Gasteiger partial charge in [0.25, 0.3) is 11.1 Å². The number of imide groups is 1. The van der Waals surface area contributed by atoms with Crippen LogP contribution in [0.4, 0.5) is 18.0 Å². The number of fused-ring (bicyclic) bond motifs is 2. The maximum Gasteiger partial charge on any atom is 0.289 e. The van der Waals surface area contributed by atoms with Gasteiger partial charge in [-0.3, -0.25) is 19.3 Å². The van der Waals surface area contributed by atoms with Crippen LogP contribution in [0, 0.1) is 23.4 Å². The summed E-state index contributed by atoms with van der Waals surface area (Å²) in [5.41, 5.74) is 7.66. The molecule has 0 aliphatic carbocycles. The van der Waals surface area contributed by atoms with E-state index in [0.29, 0.717) is 30.0 Å². The number of nitrogens with zero attached hydrogens (tertiary/aromatic N) is 2. The Labute approximate surface area is 211 Å². The first-order valence-corrected chi connectivity index (χ1v) is 13.0. The lowest BCUT2D eigenvalue weighted by molar-refractivity contribution is -0.125. The SMILES string of the molecule is N[C@H](Cc1cc(F)c(F)cc1F)C1CC2CCC(C1)N2C(=O)c1cccc(CN2C(=O)CSC2=O)c1. The lowest BCUT2D eigenvalue weighted by Crippen LogP contribution is -2.50. The average Bonchev–Trinajstić information content (AvgIpc) is 3.30. The Morgan fingerprint density at radius 2 is 1.72 bits per heavy atom. The zero-order chi connectivity index (χ0) is 25.6. The van der Waals surface area contributed by atoms with Crippen molar-refractivity contribution in [3.63, 3.8) is 0 Å². The van der Waals surface area contributed by atoms with Gasteiger partial charge in [0.2, 0.25) is 5.91 Å². The highest BCUT2D eigenvalue weighted by molar-refractivity contribution is 8.14. The zero-order valence-electron chi connectivity index (χ0n) is 19.5. The summed E-state index contributed by atoms with van der Waals surface area (Å²) in [7, 11) is 0. The van der Waals surface area contributed by atoms with Gasteiger partial charge in [-0.1, -0.05) is 23.9 Å². The highest BCUT2D eigenvalue weighted by atomic mass is 32.2. The summed E-state index contributed by atoms with van der Waals surface area (Å²) in [6.07, 6.45) is 3.08. The third-order valence-corrected chi connectivity index (χ3v) is 8.37. The molecule has 2 bridgehead atoms. The van der Waals surface area contributed by atoms with Crippen molar-refractivity contribution in [1.29, 1.82) is 0 Å². The number of benzene rings is 2. The van der Waals surface area contributed by atoms with Gasteiger partial charge in [0.05, 0.1) is 12.3 Å². The van der Waals surface area contributed by atoms with Gasteiger partial charge in [-0.15, -0.1) is 0 Å². The normalized spacial score (nSPS) is 24.5. The molecule has 2 aromatic rings. The Morgan fingerprint density at radius 1 is 1.03 bits per heavy atom. The summed E-state index contributed by atoms with van der Waals surface area (Å²) in [5.74, 6) is -3.31. The van der Waals surface area contributed by atoms with Crippen LogP contribution in [0.1, 0.15) is 47.2 Å². The molecule has 3 atom stereocenters. The summed E-state index contributed by atoms with van der Waals surface area (Å²) in [4.78, 5) is 40.4. The number of thioether (sulfide) groups is 1. The number of amides is 3. The topological polar surface area (TPSA) is 83.7 Å². The fourth-order valence-electron chi connectivity index (χ4n) is 5.71. The van der Waals surface area contributed by atoms with Crippen LogP contribution in [0.5, 0.6) is 0 Å². The van der Waals surface area contributed by atoms with E-state index in [-0.39, 0.29) is 59.3 Å². The van der Waals surface area contributed by atoms with E-state index < -0.39 is 23.5 Å². The predicted molar refractivity (Wildman–Crippen MR) is 129 cm³/mol. The monoisotopic (exact) mass is 517 g/mol. The van der Waals surface area contributed by atoms with Crippen molar-refractivity contribution >= 4 is 28.8 Å². The van der Waals surface area contributed by atoms with E-state index in [1.165, 1.54) is 4.90 Å². The number of piperidine rings is 1. The van der Waals surface area contributed by atoms with Crippen LogP contribution in [-0.4, -0.2) is 50.7 Å². The van der Waals surface area contributed by atoms with Crippen LogP contribution in [0.25, 0.3) is 0 Å². The predicted octanol–water partition coefficient (Wildman–Crippen LogP) is 4.25. The molecule has 3 amide bonds. The maximum atomic E-state index is 14.1. The van der Waals surface area contributed by atoms with Gasteiger partial charge >= 0.3 is 0 Å². The van der Waals surface area contributed by atoms with Crippen LogP contribution in [0.15, 0.2) is 36.4 Å². The fourth-order valence-corrected chi connectivity index (χ4v) is 6.43. The number of hydrogen-bond donors (Lipinski definition) is 1. The van der Waals surface area contributed by atoms with Crippen LogP contribution in [0.2, 0.25) is 0 Å². The van der Waals surface area contributed by atoms with Crippen molar-refractivity contribution in [1.82, 2.24) is 9.80 Å². The van der Waals surface area contributed by atoms with Gasteiger partial charge in [-0.25, -0.2) is 13.2 Å². The molecule has 3 fully saturated rings. The second kappa shape index (κ2) is 9.89. The molecule has 3 saturated heterocycles. The summed E-state index contributed by atoms with van der Waals surface area (Å²) < 4.78 is 41.0. The molecule has 10 heteroatoms. The van der Waals surface area contributed by atoms with Crippen molar-refractivity contribution in [3.05, 3.63) is 70.5 Å². The van der Waals surface area contributed by atoms with Crippen LogP contribution in [-0.2, 0) is 17.8 Å². The molecule has 2 aromatic carbocycles. The highest BCUT2D eigenvalue weighted by Gasteiger charge is 2.44. The average molecular weight is 518 g/mol. The lowest BCUT2D eigenvalue weighted by Gasteiger charge is -2.41. The Bertz CT molecular complexity index is 1200. The molecule has 6 nitrogen and oxygen atoms in total. The Kier molecular flexibility index (Phi) is 6.82. The molecule has 2 N–H and O–H groups in total. The Balaban J connectivity index is 1.26. The molecule has 3 heterocycles. The van der Waals surface area contributed by atoms with Crippen LogP contribution >= 0.6 is 11.8 Å². The molecule has 0 radical (unpaired) electrons. The molecule has 3 aliphatic rings. The zero-order valence-corrected chi connectivity index (χ0v) is 20.3. The van der Waals surface area contributed by atoms with Crippen molar-refractivity contribution in [2.45, 2.75) is 56.8 Å². The minimum absolute atomic E-state index is 0.0103. The second-order valence-corrected chi connectivity index (χ2v) is 10.7. The summed E-state index contributed by atoms with van der Waals surface area (Å²) in [6.45, 7) is 0.135. The maximum absolute atomic E-state index is 14.1. The summed E-state index contributed by atoms with van der Waals surface area (Å²) in [6, 6.07) is 7.96. The van der Waals surface area contributed by atoms with Gasteiger partial charge in [-0.05, 0) is 67.3 Å². The first-order chi connectivity index (χ1) is 17.2. The van der Waals surface area contributed by atoms with Crippen molar-refractivity contribution < 1.29 is 27.6 Å². The first-order valence-electron chi connectivity index (χ1n) is 12.0. The van der Waals surface area contributed by atoms with Crippen molar-refractivity contribution in [3.8, 4) is 0 Å². The standard InChI is InChI=1S/C26H26F3N3O3S/c27-20-11-22(29)21(28)9-16(20)10-23(30)17-7-18-4-5-19(8-17)32(18)25(34)15-3-1-2-14(6-15)12-31-24(33)13-36-26(31)35/h1-3,6,9,11,17-19,23H,4-5,7-8,10,12-13,30H2/t17?,18?,19?,23-/m1/s1. The van der Waals surface area contributed by atoms with Gasteiger partial charge in [0.1, 0.15) is 5.82 Å². The number of nitrogens with two attached hydrogens (primary N) is 1. The molecule has 0 saturated carbocycles. The molecule has 0 spiro atoms. The molecule has 3 aliphatic heterocycles. The van der Waals surface area contributed by atoms with Gasteiger partial charge in [-0.2, -0.15) is 0 Å². The molecular weight excluding hydrogens is 491 g/mol. The van der Waals surface area contributed by atoms with Crippen molar-refractivity contribution in [2.75, 3.05) is 5.75 Å². The molecule has 2 unspecified atom stereocenters. The van der Waals surface area contributed by atoms with E-state index in [1.807, 2.05) is 4.90 Å². The van der Waals surface area contributed by atoms with E-state index in [4.69, 9.17) is 5.73 Å². The number of halogens is 3. The van der Waals surface area contributed by atoms with E-state index in [2.05, 4.69) is 0 Å². The van der Waals surface area contributed by atoms with E-state index in [9.17, 15) is 27.6 Å². The smallest absolute Gasteiger partial charge is 0.289 e. The Morgan fingerprint density at radius 3 is 2.39 bits per heavy atom. The highest BCUT2D eigenvalue weighted by Crippen LogP contribution is 2.41. The number of rotatable bonds is 6.